The van der Waals surface area contributed by atoms with Crippen LogP contribution in [0.2, 0.25) is 5.02 Å². The number of nitrogens with one attached hydrogen (secondary N) is 1. The van der Waals surface area contributed by atoms with E-state index in [1.54, 1.807) is 12.1 Å². The van der Waals surface area contributed by atoms with E-state index < -0.39 is 6.03 Å². The van der Waals surface area contributed by atoms with Crippen molar-refractivity contribution in [3.63, 3.8) is 0 Å². The third-order valence-corrected chi connectivity index (χ3v) is 4.08. The molecule has 0 radical (unpaired) electrons. The highest BCUT2D eigenvalue weighted by molar-refractivity contribution is 6.34. The zero-order valence-electron chi connectivity index (χ0n) is 13.0. The lowest BCUT2D eigenvalue weighted by Crippen LogP contribution is -2.35. The lowest BCUT2D eigenvalue weighted by molar-refractivity contribution is 0.257. The predicted octanol–water partition coefficient (Wildman–Crippen LogP) is 3.66. The number of anilines is 1. The fourth-order valence-corrected chi connectivity index (χ4v) is 2.88. The SMILES string of the molecule is CCC1Oc2cccc(-c3cccc(Cl)c3NC(N)=O)c2N=C1N. The number of fused-ring (bicyclic) bond motifs is 1. The summed E-state index contributed by atoms with van der Waals surface area (Å²) < 4.78 is 5.91. The van der Waals surface area contributed by atoms with Crippen LogP contribution < -0.4 is 21.5 Å². The minimum absolute atomic E-state index is 0.240. The van der Waals surface area contributed by atoms with Crippen LogP contribution in [0.3, 0.4) is 0 Å². The molecule has 0 spiro atoms. The number of carbonyl (C=O) groups excluding carboxylic acids is 1. The number of rotatable bonds is 3. The minimum atomic E-state index is -0.695. The van der Waals surface area contributed by atoms with Gasteiger partial charge in [-0.2, -0.15) is 0 Å². The average Bonchev–Trinajstić information content (AvgIpc) is 2.55. The van der Waals surface area contributed by atoms with Gasteiger partial charge in [-0.05, 0) is 18.6 Å². The maximum absolute atomic E-state index is 11.3. The molecule has 3 rings (SSSR count). The van der Waals surface area contributed by atoms with Gasteiger partial charge in [-0.3, -0.25) is 0 Å². The van der Waals surface area contributed by atoms with Gasteiger partial charge >= 0.3 is 6.03 Å². The molecule has 0 aliphatic carbocycles. The number of primary amides is 1. The molecule has 1 unspecified atom stereocenters. The number of amidine groups is 1. The van der Waals surface area contributed by atoms with Crippen molar-refractivity contribution in [1.82, 2.24) is 0 Å². The van der Waals surface area contributed by atoms with Crippen LogP contribution >= 0.6 is 11.6 Å². The van der Waals surface area contributed by atoms with E-state index in [9.17, 15) is 4.79 Å². The number of ether oxygens (including phenoxy) is 1. The molecule has 0 aromatic heterocycles. The minimum Gasteiger partial charge on any atom is -0.480 e. The Bertz CT molecular complexity index is 835. The van der Waals surface area contributed by atoms with E-state index >= 15 is 0 Å². The van der Waals surface area contributed by atoms with Gasteiger partial charge in [-0.1, -0.05) is 42.8 Å². The highest BCUT2D eigenvalue weighted by atomic mass is 35.5. The second-order valence-electron chi connectivity index (χ2n) is 5.36. The standard InChI is InChI=1S/C17H17ClN4O2/c1-2-12-16(19)21-15-10(6-4-8-13(15)24-12)9-5-3-7-11(18)14(9)22-17(20)23/h3-8,12H,2H2,1H3,(H2,19,21)(H3,20,22,23). The van der Waals surface area contributed by atoms with Crippen LogP contribution in [0.5, 0.6) is 5.75 Å². The first-order chi connectivity index (χ1) is 11.5. The average molecular weight is 345 g/mol. The maximum atomic E-state index is 11.3. The van der Waals surface area contributed by atoms with Gasteiger partial charge < -0.3 is 21.5 Å². The van der Waals surface area contributed by atoms with Gasteiger partial charge in [0.15, 0.2) is 6.10 Å². The molecule has 1 aliphatic rings. The second-order valence-corrected chi connectivity index (χ2v) is 5.76. The first-order valence-corrected chi connectivity index (χ1v) is 7.88. The van der Waals surface area contributed by atoms with Crippen LogP contribution in [-0.4, -0.2) is 18.0 Å². The summed E-state index contributed by atoms with van der Waals surface area (Å²) in [7, 11) is 0. The van der Waals surface area contributed by atoms with Crippen LogP contribution in [0.4, 0.5) is 16.2 Å². The van der Waals surface area contributed by atoms with Crippen molar-refractivity contribution >= 4 is 34.8 Å². The molecule has 2 amide bonds. The summed E-state index contributed by atoms with van der Waals surface area (Å²) in [5.74, 6) is 1.06. The summed E-state index contributed by atoms with van der Waals surface area (Å²) in [6, 6.07) is 10.1. The highest BCUT2D eigenvalue weighted by Gasteiger charge is 2.24. The van der Waals surface area contributed by atoms with E-state index in [0.717, 1.165) is 12.0 Å². The molecule has 5 N–H and O–H groups in total. The molecule has 2 aromatic rings. The smallest absolute Gasteiger partial charge is 0.316 e. The third-order valence-electron chi connectivity index (χ3n) is 3.76. The van der Waals surface area contributed by atoms with Gasteiger partial charge in [0, 0.05) is 11.1 Å². The predicted molar refractivity (Wildman–Crippen MR) is 96.1 cm³/mol. The molecule has 7 heteroatoms. The van der Waals surface area contributed by atoms with Crippen LogP contribution in [0.1, 0.15) is 13.3 Å². The van der Waals surface area contributed by atoms with Gasteiger partial charge in [0.25, 0.3) is 0 Å². The largest absolute Gasteiger partial charge is 0.480 e. The van der Waals surface area contributed by atoms with Crippen molar-refractivity contribution in [1.29, 1.82) is 0 Å². The Kier molecular flexibility index (Phi) is 4.31. The second kappa shape index (κ2) is 6.41. The monoisotopic (exact) mass is 344 g/mol. The summed E-state index contributed by atoms with van der Waals surface area (Å²) in [4.78, 5) is 15.8. The van der Waals surface area contributed by atoms with Crippen molar-refractivity contribution < 1.29 is 9.53 Å². The number of carbonyl (C=O) groups is 1. The number of nitrogens with zero attached hydrogens (tertiary/aromatic N) is 1. The number of urea groups is 1. The molecule has 0 saturated heterocycles. The van der Waals surface area contributed by atoms with E-state index in [1.807, 2.05) is 31.2 Å². The highest BCUT2D eigenvalue weighted by Crippen LogP contribution is 2.44. The molecule has 124 valence electrons. The topological polar surface area (TPSA) is 103 Å². The Balaban J connectivity index is 2.18. The van der Waals surface area contributed by atoms with Gasteiger partial charge in [0.1, 0.15) is 17.3 Å². The quantitative estimate of drug-likeness (QED) is 0.791. The first kappa shape index (κ1) is 16.1. The molecule has 2 aromatic carbocycles. The number of nitrogens with two attached hydrogens (primary N) is 2. The molecule has 0 saturated carbocycles. The molecule has 0 bridgehead atoms. The summed E-state index contributed by atoms with van der Waals surface area (Å²) >= 11 is 6.22. The van der Waals surface area contributed by atoms with Crippen molar-refractivity contribution in [2.45, 2.75) is 19.4 Å². The van der Waals surface area contributed by atoms with Gasteiger partial charge in [0.2, 0.25) is 0 Å². The zero-order chi connectivity index (χ0) is 17.3. The van der Waals surface area contributed by atoms with Gasteiger partial charge in [0.05, 0.1) is 10.7 Å². The van der Waals surface area contributed by atoms with Crippen LogP contribution in [0, 0.1) is 0 Å². The van der Waals surface area contributed by atoms with Crippen LogP contribution in [0.25, 0.3) is 11.1 Å². The van der Waals surface area contributed by atoms with E-state index in [4.69, 9.17) is 27.8 Å². The number of benzene rings is 2. The normalized spacial score (nSPS) is 15.9. The molecule has 1 heterocycles. The Labute approximate surface area is 144 Å². The number of hydrogen-bond donors (Lipinski definition) is 3. The van der Waals surface area contributed by atoms with E-state index in [-0.39, 0.29) is 6.10 Å². The molecule has 24 heavy (non-hydrogen) atoms. The number of para-hydroxylation sites is 2. The van der Waals surface area contributed by atoms with Gasteiger partial charge in [-0.25, -0.2) is 9.79 Å². The summed E-state index contributed by atoms with van der Waals surface area (Å²) in [6.07, 6.45) is 0.486. The van der Waals surface area contributed by atoms with E-state index in [0.29, 0.717) is 33.5 Å². The molecule has 6 nitrogen and oxygen atoms in total. The molecular weight excluding hydrogens is 328 g/mol. The van der Waals surface area contributed by atoms with Crippen molar-refractivity contribution in [3.05, 3.63) is 41.4 Å². The number of halogens is 1. The summed E-state index contributed by atoms with van der Waals surface area (Å²) in [6.45, 7) is 1.98. The number of aliphatic imine (C=N–C) groups is 1. The first-order valence-electron chi connectivity index (χ1n) is 7.50. The number of hydrogen-bond acceptors (Lipinski definition) is 4. The van der Waals surface area contributed by atoms with Crippen molar-refractivity contribution in [2.75, 3.05) is 5.32 Å². The Morgan fingerprint density at radius 3 is 2.71 bits per heavy atom. The van der Waals surface area contributed by atoms with Gasteiger partial charge in [-0.15, -0.1) is 0 Å². The summed E-state index contributed by atoms with van der Waals surface area (Å²) in [5, 5.41) is 2.94. The van der Waals surface area contributed by atoms with Crippen LogP contribution in [0.15, 0.2) is 41.4 Å². The molecule has 0 fully saturated rings. The van der Waals surface area contributed by atoms with Crippen molar-refractivity contribution in [3.8, 4) is 16.9 Å². The molecule has 1 atom stereocenters. The molecule has 1 aliphatic heterocycles. The fraction of sp³-hybridized carbons (Fsp3) is 0.176. The zero-order valence-corrected chi connectivity index (χ0v) is 13.8. The number of amides is 2. The van der Waals surface area contributed by atoms with E-state index in [1.165, 1.54) is 0 Å². The lowest BCUT2D eigenvalue weighted by Gasteiger charge is -2.25. The Morgan fingerprint density at radius 1 is 1.29 bits per heavy atom. The fourth-order valence-electron chi connectivity index (χ4n) is 2.66. The molecular formula is C17H17ClN4O2. The summed E-state index contributed by atoms with van der Waals surface area (Å²) in [5.41, 5.74) is 13.7. The lowest BCUT2D eigenvalue weighted by atomic mass is 10.00. The third kappa shape index (κ3) is 2.88. The van der Waals surface area contributed by atoms with E-state index in [2.05, 4.69) is 10.3 Å². The Hall–Kier alpha value is -2.73. The van der Waals surface area contributed by atoms with Crippen molar-refractivity contribution in [2.24, 2.45) is 16.5 Å². The maximum Gasteiger partial charge on any atom is 0.316 e. The van der Waals surface area contributed by atoms with Crippen LogP contribution in [-0.2, 0) is 0 Å². The Morgan fingerprint density at radius 2 is 2.00 bits per heavy atom.